The third kappa shape index (κ3) is 6.07. The fourth-order valence-electron chi connectivity index (χ4n) is 3.70. The van der Waals surface area contributed by atoms with Crippen LogP contribution in [0.4, 0.5) is 13.2 Å². The molecule has 2 atom stereocenters. The Morgan fingerprint density at radius 2 is 1.68 bits per heavy atom. The first-order valence-electron chi connectivity index (χ1n) is 9.98. The van der Waals surface area contributed by atoms with Crippen molar-refractivity contribution in [3.05, 3.63) is 70.8 Å². The molecule has 168 valence electrons. The molecule has 2 N–H and O–H groups in total. The molecule has 1 amide bonds. The molecular weight excluding hydrogens is 429 g/mol. The third-order valence-electron chi connectivity index (χ3n) is 5.13. The van der Waals surface area contributed by atoms with Gasteiger partial charge in [-0.15, -0.1) is 0 Å². The molecule has 0 saturated heterocycles. The van der Waals surface area contributed by atoms with E-state index in [2.05, 4.69) is 10.0 Å². The summed E-state index contributed by atoms with van der Waals surface area (Å²) in [6.07, 6.45) is -4.11. The van der Waals surface area contributed by atoms with Crippen LogP contribution in [0.15, 0.2) is 48.5 Å². The van der Waals surface area contributed by atoms with Gasteiger partial charge in [-0.3, -0.25) is 4.79 Å². The van der Waals surface area contributed by atoms with Gasteiger partial charge in [0.15, 0.2) is 0 Å². The van der Waals surface area contributed by atoms with Gasteiger partial charge >= 0.3 is 6.18 Å². The first-order chi connectivity index (χ1) is 14.5. The number of benzene rings is 2. The van der Waals surface area contributed by atoms with Crippen molar-refractivity contribution < 1.29 is 26.4 Å². The summed E-state index contributed by atoms with van der Waals surface area (Å²) in [5.74, 6) is -1.55. The number of rotatable bonds is 8. The molecule has 2 aromatic rings. The summed E-state index contributed by atoms with van der Waals surface area (Å²) in [4.78, 5) is 12.5. The number of amides is 1. The van der Waals surface area contributed by atoms with Crippen LogP contribution >= 0.6 is 0 Å². The lowest BCUT2D eigenvalue weighted by atomic mass is 10.0. The molecule has 1 fully saturated rings. The lowest BCUT2D eigenvalue weighted by Crippen LogP contribution is -2.32. The molecule has 0 bridgehead atoms. The van der Waals surface area contributed by atoms with E-state index in [0.717, 1.165) is 6.07 Å². The topological polar surface area (TPSA) is 75.3 Å². The number of alkyl halides is 3. The summed E-state index contributed by atoms with van der Waals surface area (Å²) in [5.41, 5.74) is 0.647. The van der Waals surface area contributed by atoms with Crippen LogP contribution in [-0.4, -0.2) is 20.4 Å². The predicted octanol–water partition coefficient (Wildman–Crippen LogP) is 3.95. The smallest absolute Gasteiger partial charge is 0.352 e. The number of nitrogens with one attached hydrogen (secondary N) is 2. The quantitative estimate of drug-likeness (QED) is 0.634. The SMILES string of the molecule is CC(C)NS(=O)(=O)Cc1ccccc1CNC(=O)C1CC1c1ccccc1C(F)(F)F. The molecule has 1 aliphatic rings. The lowest BCUT2D eigenvalue weighted by Gasteiger charge is -2.14. The van der Waals surface area contributed by atoms with Crippen LogP contribution in [-0.2, 0) is 33.3 Å². The highest BCUT2D eigenvalue weighted by Gasteiger charge is 2.47. The summed E-state index contributed by atoms with van der Waals surface area (Å²) in [6.45, 7) is 3.57. The fourth-order valence-corrected chi connectivity index (χ4v) is 5.19. The summed E-state index contributed by atoms with van der Waals surface area (Å²) in [5, 5.41) is 2.75. The van der Waals surface area contributed by atoms with Crippen molar-refractivity contribution in [2.45, 2.75) is 50.7 Å². The monoisotopic (exact) mass is 454 g/mol. The maximum atomic E-state index is 13.2. The average molecular weight is 455 g/mol. The van der Waals surface area contributed by atoms with Crippen molar-refractivity contribution in [1.29, 1.82) is 0 Å². The third-order valence-corrected chi connectivity index (χ3v) is 6.65. The number of carbonyl (C=O) groups is 1. The highest BCUT2D eigenvalue weighted by molar-refractivity contribution is 7.88. The van der Waals surface area contributed by atoms with Gasteiger partial charge in [-0.1, -0.05) is 42.5 Å². The largest absolute Gasteiger partial charge is 0.416 e. The van der Waals surface area contributed by atoms with Gasteiger partial charge in [-0.2, -0.15) is 13.2 Å². The predicted molar refractivity (Wildman–Crippen MR) is 111 cm³/mol. The van der Waals surface area contributed by atoms with Crippen LogP contribution in [0, 0.1) is 5.92 Å². The molecule has 0 heterocycles. The Balaban J connectivity index is 1.65. The zero-order valence-corrected chi connectivity index (χ0v) is 18.1. The van der Waals surface area contributed by atoms with Gasteiger partial charge in [-0.05, 0) is 48.9 Å². The highest BCUT2D eigenvalue weighted by atomic mass is 32.2. The second kappa shape index (κ2) is 9.00. The van der Waals surface area contributed by atoms with E-state index in [1.54, 1.807) is 44.2 Å². The van der Waals surface area contributed by atoms with E-state index in [4.69, 9.17) is 0 Å². The van der Waals surface area contributed by atoms with E-state index in [-0.39, 0.29) is 29.8 Å². The van der Waals surface area contributed by atoms with Gasteiger partial charge in [0.25, 0.3) is 0 Å². The number of halogens is 3. The fraction of sp³-hybridized carbons (Fsp3) is 0.409. The van der Waals surface area contributed by atoms with Gasteiger partial charge in [0, 0.05) is 18.5 Å². The normalized spacial score (nSPS) is 18.8. The molecule has 31 heavy (non-hydrogen) atoms. The number of sulfonamides is 1. The van der Waals surface area contributed by atoms with Crippen LogP contribution in [0.2, 0.25) is 0 Å². The number of hydrogen-bond acceptors (Lipinski definition) is 3. The molecule has 9 heteroatoms. The first-order valence-corrected chi connectivity index (χ1v) is 11.6. The van der Waals surface area contributed by atoms with E-state index in [9.17, 15) is 26.4 Å². The van der Waals surface area contributed by atoms with E-state index >= 15 is 0 Å². The van der Waals surface area contributed by atoms with Gasteiger partial charge in [-0.25, -0.2) is 13.1 Å². The molecule has 2 aromatic carbocycles. The Bertz CT molecular complexity index is 1050. The van der Waals surface area contributed by atoms with Crippen LogP contribution < -0.4 is 10.0 Å². The van der Waals surface area contributed by atoms with Crippen LogP contribution in [0.25, 0.3) is 0 Å². The molecule has 0 aromatic heterocycles. The van der Waals surface area contributed by atoms with Gasteiger partial charge in [0.1, 0.15) is 0 Å². The van der Waals surface area contributed by atoms with E-state index in [1.165, 1.54) is 12.1 Å². The lowest BCUT2D eigenvalue weighted by molar-refractivity contribution is -0.138. The standard InChI is InChI=1S/C22H25F3N2O3S/c1-14(2)27-31(29,30)13-16-8-4-3-7-15(16)12-26-21(28)19-11-18(19)17-9-5-6-10-20(17)22(23,24)25/h3-10,14,18-19,27H,11-13H2,1-2H3,(H,26,28). The minimum absolute atomic E-state index is 0.107. The van der Waals surface area contributed by atoms with Crippen molar-refractivity contribution in [3.8, 4) is 0 Å². The number of hydrogen-bond donors (Lipinski definition) is 2. The Morgan fingerprint density at radius 1 is 1.06 bits per heavy atom. The zero-order valence-electron chi connectivity index (χ0n) is 17.2. The molecule has 0 spiro atoms. The molecule has 5 nitrogen and oxygen atoms in total. The highest BCUT2D eigenvalue weighted by Crippen LogP contribution is 2.51. The van der Waals surface area contributed by atoms with Gasteiger partial charge < -0.3 is 5.32 Å². The van der Waals surface area contributed by atoms with Gasteiger partial charge in [0.2, 0.25) is 15.9 Å². The van der Waals surface area contributed by atoms with Crippen molar-refractivity contribution in [3.63, 3.8) is 0 Å². The van der Waals surface area contributed by atoms with Crippen molar-refractivity contribution in [2.75, 3.05) is 0 Å². The van der Waals surface area contributed by atoms with Crippen molar-refractivity contribution >= 4 is 15.9 Å². The Kier molecular flexibility index (Phi) is 6.76. The molecule has 3 rings (SSSR count). The number of carbonyl (C=O) groups excluding carboxylic acids is 1. The molecule has 1 saturated carbocycles. The second-order valence-corrected chi connectivity index (χ2v) is 9.81. The maximum absolute atomic E-state index is 13.2. The molecular formula is C22H25F3N2O3S. The minimum Gasteiger partial charge on any atom is -0.352 e. The zero-order chi connectivity index (χ0) is 22.8. The Labute approximate surface area is 180 Å². The molecule has 0 radical (unpaired) electrons. The van der Waals surface area contributed by atoms with E-state index < -0.39 is 33.6 Å². The van der Waals surface area contributed by atoms with Crippen molar-refractivity contribution in [1.82, 2.24) is 10.0 Å². The van der Waals surface area contributed by atoms with Crippen LogP contribution in [0.1, 0.15) is 48.4 Å². The summed E-state index contributed by atoms with van der Waals surface area (Å²) in [6, 6.07) is 12.0. The minimum atomic E-state index is -4.46. The van der Waals surface area contributed by atoms with Crippen LogP contribution in [0.5, 0.6) is 0 Å². The molecule has 1 aliphatic carbocycles. The Morgan fingerprint density at radius 3 is 2.32 bits per heavy atom. The summed E-state index contributed by atoms with van der Waals surface area (Å²) < 4.78 is 66.7. The van der Waals surface area contributed by atoms with Crippen molar-refractivity contribution in [2.24, 2.45) is 5.92 Å². The Hall–Kier alpha value is -2.39. The average Bonchev–Trinajstić information content (AvgIpc) is 3.46. The van der Waals surface area contributed by atoms with Crippen LogP contribution in [0.3, 0.4) is 0 Å². The second-order valence-electron chi connectivity index (χ2n) is 8.05. The molecule has 2 unspecified atom stereocenters. The summed E-state index contributed by atoms with van der Waals surface area (Å²) in [7, 11) is -3.53. The van der Waals surface area contributed by atoms with E-state index in [1.807, 2.05) is 0 Å². The van der Waals surface area contributed by atoms with Gasteiger partial charge in [0.05, 0.1) is 11.3 Å². The molecule has 0 aliphatic heterocycles. The maximum Gasteiger partial charge on any atom is 0.416 e. The van der Waals surface area contributed by atoms with E-state index in [0.29, 0.717) is 17.5 Å². The summed E-state index contributed by atoms with van der Waals surface area (Å²) >= 11 is 0. The first kappa shape index (κ1) is 23.3.